The van der Waals surface area contributed by atoms with Gasteiger partial charge < -0.3 is 24.2 Å². The number of amides is 1. The van der Waals surface area contributed by atoms with E-state index in [0.29, 0.717) is 34.8 Å². The number of pyridine rings is 1. The normalized spacial score (nSPS) is 16.9. The molecule has 180 valence electrons. The number of aliphatic hydroxyl groups is 1. The van der Waals surface area contributed by atoms with Crippen LogP contribution in [0.3, 0.4) is 0 Å². The summed E-state index contributed by atoms with van der Waals surface area (Å²) < 4.78 is 15.8. The van der Waals surface area contributed by atoms with Crippen LogP contribution in [0.5, 0.6) is 17.2 Å². The number of ether oxygens (including phenoxy) is 3. The molecule has 1 fully saturated rings. The molecule has 1 aliphatic rings. The molecule has 1 aliphatic heterocycles. The highest BCUT2D eigenvalue weighted by Crippen LogP contribution is 2.39. The number of rotatable bonds is 8. The zero-order valence-electron chi connectivity index (χ0n) is 19.7. The molecule has 2 aromatic carbocycles. The molecule has 0 bridgehead atoms. The van der Waals surface area contributed by atoms with Crippen molar-refractivity contribution in [3.05, 3.63) is 89.3 Å². The molecule has 1 atom stereocenters. The van der Waals surface area contributed by atoms with Crippen molar-refractivity contribution in [2.24, 2.45) is 0 Å². The van der Waals surface area contributed by atoms with Crippen LogP contribution in [-0.4, -0.2) is 54.6 Å². The first-order chi connectivity index (χ1) is 17.0. The van der Waals surface area contributed by atoms with E-state index in [1.54, 1.807) is 76.2 Å². The average Bonchev–Trinajstić information content (AvgIpc) is 3.16. The van der Waals surface area contributed by atoms with Crippen molar-refractivity contribution in [3.63, 3.8) is 0 Å². The first-order valence-corrected chi connectivity index (χ1v) is 11.0. The number of likely N-dealkylation sites (tertiary alicyclic amines) is 1. The fourth-order valence-corrected chi connectivity index (χ4v) is 4.18. The Balaban J connectivity index is 1.71. The summed E-state index contributed by atoms with van der Waals surface area (Å²) in [7, 11) is 4.66. The Hall–Kier alpha value is -4.33. The van der Waals surface area contributed by atoms with Gasteiger partial charge in [-0.2, -0.15) is 0 Å². The van der Waals surface area contributed by atoms with E-state index >= 15 is 0 Å². The Labute approximate surface area is 203 Å². The number of nitrogens with zero attached hydrogens (tertiary/aromatic N) is 2. The van der Waals surface area contributed by atoms with Crippen LogP contribution >= 0.6 is 0 Å². The van der Waals surface area contributed by atoms with E-state index in [0.717, 1.165) is 5.56 Å². The molecule has 0 radical (unpaired) electrons. The SMILES string of the molecule is COc1ccc(/C(O)=C2\C(=O)C(=O)N(CCc3ccc(OC)c(OC)c3)C2c2cccnc2)cc1. The standard InChI is InChI=1S/C27H26N2O6/c1-33-20-9-7-18(8-10-20)25(30)23-24(19-5-4-13-28-16-19)29(27(32)26(23)31)14-12-17-6-11-21(34-2)22(15-17)35-3/h4-11,13,15-16,24,30H,12,14H2,1-3H3/b25-23+. The Morgan fingerprint density at radius 2 is 1.71 bits per heavy atom. The van der Waals surface area contributed by atoms with Crippen molar-refractivity contribution >= 4 is 17.4 Å². The molecule has 1 N–H and O–H groups in total. The predicted octanol–water partition coefficient (Wildman–Crippen LogP) is 3.77. The first-order valence-electron chi connectivity index (χ1n) is 11.0. The maximum Gasteiger partial charge on any atom is 0.295 e. The number of Topliss-reactive ketones (excluding diaryl/α,β-unsaturated/α-hetero) is 1. The minimum absolute atomic E-state index is 0.0282. The van der Waals surface area contributed by atoms with Crippen molar-refractivity contribution < 1.29 is 28.9 Å². The second-order valence-electron chi connectivity index (χ2n) is 7.95. The number of carbonyl (C=O) groups is 2. The van der Waals surface area contributed by atoms with Crippen molar-refractivity contribution in [1.29, 1.82) is 0 Å². The van der Waals surface area contributed by atoms with Gasteiger partial charge in [0.05, 0.1) is 32.9 Å². The highest BCUT2D eigenvalue weighted by molar-refractivity contribution is 6.46. The summed E-state index contributed by atoms with van der Waals surface area (Å²) in [6.45, 7) is 0.249. The monoisotopic (exact) mass is 474 g/mol. The van der Waals surface area contributed by atoms with Crippen LogP contribution in [0.4, 0.5) is 0 Å². The van der Waals surface area contributed by atoms with E-state index in [2.05, 4.69) is 4.98 Å². The summed E-state index contributed by atoms with van der Waals surface area (Å²) in [4.78, 5) is 31.9. The molecule has 8 heteroatoms. The summed E-state index contributed by atoms with van der Waals surface area (Å²) >= 11 is 0. The van der Waals surface area contributed by atoms with Crippen LogP contribution in [-0.2, 0) is 16.0 Å². The van der Waals surface area contributed by atoms with Crippen LogP contribution in [0.15, 0.2) is 72.6 Å². The fraction of sp³-hybridized carbons (Fsp3) is 0.222. The largest absolute Gasteiger partial charge is 0.507 e. The van der Waals surface area contributed by atoms with Crippen molar-refractivity contribution in [1.82, 2.24) is 9.88 Å². The van der Waals surface area contributed by atoms with Crippen LogP contribution in [0.1, 0.15) is 22.7 Å². The zero-order chi connectivity index (χ0) is 24.9. The molecule has 1 saturated heterocycles. The quantitative estimate of drug-likeness (QED) is 0.301. The molecule has 0 spiro atoms. The molecule has 0 aliphatic carbocycles. The molecule has 35 heavy (non-hydrogen) atoms. The number of hydrogen-bond donors (Lipinski definition) is 1. The third-order valence-electron chi connectivity index (χ3n) is 5.99. The van der Waals surface area contributed by atoms with Gasteiger partial charge in [0, 0.05) is 24.5 Å². The summed E-state index contributed by atoms with van der Waals surface area (Å²) in [5.74, 6) is 0.144. The number of aromatic nitrogens is 1. The number of carbonyl (C=O) groups excluding carboxylic acids is 2. The van der Waals surface area contributed by atoms with Gasteiger partial charge in [-0.05, 0) is 60.0 Å². The first kappa shape index (κ1) is 23.8. The minimum Gasteiger partial charge on any atom is -0.507 e. The average molecular weight is 475 g/mol. The van der Waals surface area contributed by atoms with Gasteiger partial charge in [-0.1, -0.05) is 12.1 Å². The van der Waals surface area contributed by atoms with Crippen LogP contribution in [0.25, 0.3) is 5.76 Å². The van der Waals surface area contributed by atoms with Crippen LogP contribution in [0, 0.1) is 0 Å². The Kier molecular flexibility index (Phi) is 7.01. The van der Waals surface area contributed by atoms with Crippen LogP contribution < -0.4 is 14.2 Å². The van der Waals surface area contributed by atoms with Gasteiger partial charge in [0.15, 0.2) is 11.5 Å². The van der Waals surface area contributed by atoms with Crippen molar-refractivity contribution in [3.8, 4) is 17.2 Å². The molecule has 0 saturated carbocycles. The van der Waals surface area contributed by atoms with Crippen molar-refractivity contribution in [2.75, 3.05) is 27.9 Å². The van der Waals surface area contributed by atoms with Gasteiger partial charge in [0.1, 0.15) is 11.5 Å². The lowest BCUT2D eigenvalue weighted by Gasteiger charge is -2.25. The summed E-state index contributed by atoms with van der Waals surface area (Å²) in [5.41, 5.74) is 1.98. The highest BCUT2D eigenvalue weighted by Gasteiger charge is 2.45. The van der Waals surface area contributed by atoms with Gasteiger partial charge in [-0.3, -0.25) is 14.6 Å². The fourth-order valence-electron chi connectivity index (χ4n) is 4.18. The van der Waals surface area contributed by atoms with E-state index in [1.807, 2.05) is 12.1 Å². The third-order valence-corrected chi connectivity index (χ3v) is 5.99. The van der Waals surface area contributed by atoms with E-state index in [4.69, 9.17) is 14.2 Å². The Bertz CT molecular complexity index is 1250. The lowest BCUT2D eigenvalue weighted by atomic mass is 9.96. The second kappa shape index (κ2) is 10.3. The van der Waals surface area contributed by atoms with Crippen LogP contribution in [0.2, 0.25) is 0 Å². The highest BCUT2D eigenvalue weighted by atomic mass is 16.5. The van der Waals surface area contributed by atoms with Gasteiger partial charge in [0.25, 0.3) is 11.7 Å². The number of ketones is 1. The molecule has 1 amide bonds. The molecular formula is C27H26N2O6. The van der Waals surface area contributed by atoms with Gasteiger partial charge in [-0.25, -0.2) is 0 Å². The molecule has 1 unspecified atom stereocenters. The molecule has 8 nitrogen and oxygen atoms in total. The Morgan fingerprint density at radius 3 is 2.34 bits per heavy atom. The summed E-state index contributed by atoms with van der Waals surface area (Å²) in [6, 6.07) is 14.9. The Morgan fingerprint density at radius 1 is 0.971 bits per heavy atom. The molecular weight excluding hydrogens is 448 g/mol. The maximum absolute atomic E-state index is 13.1. The summed E-state index contributed by atoms with van der Waals surface area (Å²) in [5, 5.41) is 11.1. The van der Waals surface area contributed by atoms with E-state index < -0.39 is 17.7 Å². The van der Waals surface area contributed by atoms with Gasteiger partial charge >= 0.3 is 0 Å². The van der Waals surface area contributed by atoms with E-state index in [1.165, 1.54) is 4.90 Å². The van der Waals surface area contributed by atoms with E-state index in [9.17, 15) is 14.7 Å². The predicted molar refractivity (Wildman–Crippen MR) is 129 cm³/mol. The lowest BCUT2D eigenvalue weighted by molar-refractivity contribution is -0.139. The van der Waals surface area contributed by atoms with Crippen molar-refractivity contribution in [2.45, 2.75) is 12.5 Å². The van der Waals surface area contributed by atoms with E-state index in [-0.39, 0.29) is 17.9 Å². The smallest absolute Gasteiger partial charge is 0.295 e. The number of hydrogen-bond acceptors (Lipinski definition) is 7. The maximum atomic E-state index is 13.1. The van der Waals surface area contributed by atoms with Gasteiger partial charge in [-0.15, -0.1) is 0 Å². The lowest BCUT2D eigenvalue weighted by Crippen LogP contribution is -2.31. The molecule has 2 heterocycles. The van der Waals surface area contributed by atoms with Gasteiger partial charge in [0.2, 0.25) is 0 Å². The topological polar surface area (TPSA) is 98.2 Å². The summed E-state index contributed by atoms with van der Waals surface area (Å²) in [6.07, 6.45) is 3.68. The second-order valence-corrected chi connectivity index (χ2v) is 7.95. The molecule has 4 rings (SSSR count). The third kappa shape index (κ3) is 4.68. The minimum atomic E-state index is -0.772. The number of aliphatic hydroxyl groups excluding tert-OH is 1. The zero-order valence-corrected chi connectivity index (χ0v) is 19.7. The number of methoxy groups -OCH3 is 3. The molecule has 1 aromatic heterocycles. The molecule has 3 aromatic rings. The number of benzene rings is 2.